The Morgan fingerprint density at radius 2 is 1.88 bits per heavy atom. The molecule has 1 aromatic heterocycles. The van der Waals surface area contributed by atoms with Crippen molar-refractivity contribution in [3.63, 3.8) is 0 Å². The molecule has 1 spiro atoms. The van der Waals surface area contributed by atoms with E-state index in [1.807, 2.05) is 36.4 Å². The maximum Gasteiger partial charge on any atom is 0.259 e. The average molecular weight is 482 g/mol. The summed E-state index contributed by atoms with van der Waals surface area (Å²) in [4.78, 5) is 21.7. The lowest BCUT2D eigenvalue weighted by Crippen LogP contribution is -2.41. The molecule has 3 heterocycles. The molecule has 1 aromatic carbocycles. The van der Waals surface area contributed by atoms with E-state index < -0.39 is 0 Å². The Bertz CT molecular complexity index is 1040. The van der Waals surface area contributed by atoms with E-state index in [4.69, 9.17) is 9.72 Å². The van der Waals surface area contributed by atoms with Gasteiger partial charge < -0.3 is 20.3 Å². The predicted molar refractivity (Wildman–Crippen MR) is 139 cm³/mol. The van der Waals surface area contributed by atoms with E-state index >= 15 is 0 Å². The van der Waals surface area contributed by atoms with Crippen molar-refractivity contribution in [2.45, 2.75) is 62.9 Å². The first kappa shape index (κ1) is 23.5. The average Bonchev–Trinajstić information content (AvgIpc) is 3.54. The summed E-state index contributed by atoms with van der Waals surface area (Å²) >= 11 is 1.57. The summed E-state index contributed by atoms with van der Waals surface area (Å²) in [5.74, 6) is 1.45. The van der Waals surface area contributed by atoms with Gasteiger partial charge in [-0.05, 0) is 94.1 Å². The second-order valence-electron chi connectivity index (χ2n) is 10.9. The molecular formula is C26H35N5O2S. The molecule has 1 saturated carbocycles. The number of rotatable bonds is 7. The van der Waals surface area contributed by atoms with Crippen molar-refractivity contribution in [2.24, 2.45) is 5.41 Å². The first-order valence-electron chi connectivity index (χ1n) is 12.2. The Balaban J connectivity index is 1.33. The van der Waals surface area contributed by atoms with Crippen molar-refractivity contribution >= 4 is 35.2 Å². The van der Waals surface area contributed by atoms with E-state index in [-0.39, 0.29) is 17.5 Å². The van der Waals surface area contributed by atoms with Crippen molar-refractivity contribution in [3.05, 3.63) is 42.0 Å². The molecule has 3 N–H and O–H groups in total. The maximum absolute atomic E-state index is 13.4. The Labute approximate surface area is 206 Å². The van der Waals surface area contributed by atoms with Crippen molar-refractivity contribution < 1.29 is 9.53 Å². The molecule has 7 nitrogen and oxygen atoms in total. The Hall–Kier alpha value is -2.29. The molecule has 0 unspecified atom stereocenters. The second-order valence-corrected chi connectivity index (χ2v) is 11.7. The highest BCUT2D eigenvalue weighted by Gasteiger charge is 2.45. The van der Waals surface area contributed by atoms with Gasteiger partial charge in [0.1, 0.15) is 11.6 Å². The van der Waals surface area contributed by atoms with Crippen LogP contribution in [0.4, 0.5) is 17.3 Å². The van der Waals surface area contributed by atoms with Gasteiger partial charge in [-0.25, -0.2) is 4.98 Å². The van der Waals surface area contributed by atoms with Gasteiger partial charge in [-0.3, -0.25) is 9.52 Å². The number of nitrogens with one attached hydrogen (secondary N) is 3. The molecule has 1 amide bonds. The molecule has 0 atom stereocenters. The van der Waals surface area contributed by atoms with E-state index in [9.17, 15) is 4.79 Å². The molecule has 1 aliphatic carbocycles. The molecule has 2 aromatic rings. The zero-order chi connectivity index (χ0) is 23.8. The first-order valence-corrected chi connectivity index (χ1v) is 13.1. The van der Waals surface area contributed by atoms with E-state index in [0.717, 1.165) is 35.3 Å². The van der Waals surface area contributed by atoms with Crippen LogP contribution >= 0.6 is 11.9 Å². The van der Waals surface area contributed by atoms with E-state index in [2.05, 4.69) is 41.0 Å². The highest BCUT2D eigenvalue weighted by Crippen LogP contribution is 2.54. The first-order chi connectivity index (χ1) is 16.3. The standard InChI is InChI=1S/C26H35N5O2S/c1-25(2,3)30-34-20-6-4-5-18(15-20)28-24(32)21-7-8-22(27-19-16-33-17-19)29-23(21)31-13-11-26(9-10-26)12-14-31/h4-8,15,19,30H,9-14,16-17H2,1-3H3,(H,27,29)(H,28,32). The van der Waals surface area contributed by atoms with Gasteiger partial charge in [-0.1, -0.05) is 6.07 Å². The smallest absolute Gasteiger partial charge is 0.259 e. The summed E-state index contributed by atoms with van der Waals surface area (Å²) in [7, 11) is 0. The van der Waals surface area contributed by atoms with Crippen molar-refractivity contribution in [1.29, 1.82) is 0 Å². The fraction of sp³-hybridized carbons (Fsp3) is 0.538. The SMILES string of the molecule is CC(C)(C)NSc1cccc(NC(=O)c2ccc(NC3COC3)nc2N2CCC3(CC2)CC3)c1. The predicted octanol–water partition coefficient (Wildman–Crippen LogP) is 4.92. The fourth-order valence-corrected chi connectivity index (χ4v) is 5.15. The summed E-state index contributed by atoms with van der Waals surface area (Å²) in [5.41, 5.74) is 1.96. The molecule has 0 radical (unpaired) electrons. The van der Waals surface area contributed by atoms with Gasteiger partial charge in [-0.15, -0.1) is 0 Å². The lowest BCUT2D eigenvalue weighted by molar-refractivity contribution is 0.0209. The Morgan fingerprint density at radius 3 is 2.53 bits per heavy atom. The minimum Gasteiger partial charge on any atom is -0.377 e. The number of piperidine rings is 1. The Morgan fingerprint density at radius 1 is 1.12 bits per heavy atom. The van der Waals surface area contributed by atoms with Crippen LogP contribution in [0.1, 0.15) is 56.8 Å². The Kier molecular flexibility index (Phi) is 6.48. The molecule has 182 valence electrons. The third-order valence-corrected chi connectivity index (χ3v) is 7.96. The quantitative estimate of drug-likeness (QED) is 0.485. The number of hydrogen-bond acceptors (Lipinski definition) is 7. The van der Waals surface area contributed by atoms with Crippen LogP contribution < -0.4 is 20.3 Å². The third-order valence-electron chi connectivity index (χ3n) is 6.76. The number of pyridine rings is 1. The number of hydrogen-bond donors (Lipinski definition) is 3. The minimum absolute atomic E-state index is 0.000628. The number of amides is 1. The van der Waals surface area contributed by atoms with Crippen LogP contribution in [-0.2, 0) is 4.74 Å². The zero-order valence-electron chi connectivity index (χ0n) is 20.3. The number of benzene rings is 1. The molecule has 2 saturated heterocycles. The highest BCUT2D eigenvalue weighted by molar-refractivity contribution is 7.97. The number of aromatic nitrogens is 1. The summed E-state index contributed by atoms with van der Waals surface area (Å²) in [6.45, 7) is 9.68. The van der Waals surface area contributed by atoms with Crippen LogP contribution in [0.5, 0.6) is 0 Å². The molecule has 0 bridgehead atoms. The number of carbonyl (C=O) groups excluding carboxylic acids is 1. The molecular weight excluding hydrogens is 446 g/mol. The van der Waals surface area contributed by atoms with E-state index in [1.165, 1.54) is 25.7 Å². The largest absolute Gasteiger partial charge is 0.377 e. The summed E-state index contributed by atoms with van der Waals surface area (Å²) in [5, 5.41) is 6.53. The van der Waals surface area contributed by atoms with Gasteiger partial charge in [-0.2, -0.15) is 0 Å². The van der Waals surface area contributed by atoms with Gasteiger partial charge in [0.25, 0.3) is 5.91 Å². The van der Waals surface area contributed by atoms with Crippen molar-refractivity contribution in [2.75, 3.05) is 41.8 Å². The third kappa shape index (κ3) is 5.67. The number of ether oxygens (including phenoxy) is 1. The second kappa shape index (κ2) is 9.40. The lowest BCUT2D eigenvalue weighted by Gasteiger charge is -2.34. The maximum atomic E-state index is 13.4. The van der Waals surface area contributed by atoms with Gasteiger partial charge in [0.15, 0.2) is 0 Å². The molecule has 3 fully saturated rings. The van der Waals surface area contributed by atoms with Crippen LogP contribution in [0.25, 0.3) is 0 Å². The fourth-order valence-electron chi connectivity index (χ4n) is 4.39. The van der Waals surface area contributed by atoms with Crippen LogP contribution in [0.15, 0.2) is 41.3 Å². The van der Waals surface area contributed by atoms with E-state index in [1.54, 1.807) is 11.9 Å². The van der Waals surface area contributed by atoms with Gasteiger partial charge in [0, 0.05) is 29.2 Å². The van der Waals surface area contributed by atoms with Crippen LogP contribution in [-0.4, -0.2) is 48.8 Å². The van der Waals surface area contributed by atoms with Crippen molar-refractivity contribution in [1.82, 2.24) is 9.71 Å². The molecule has 2 aliphatic heterocycles. The normalized spacial score (nSPS) is 19.6. The molecule has 34 heavy (non-hydrogen) atoms. The lowest BCUT2D eigenvalue weighted by atomic mass is 9.93. The van der Waals surface area contributed by atoms with Gasteiger partial charge in [0.05, 0.1) is 24.8 Å². The van der Waals surface area contributed by atoms with Gasteiger partial charge in [0.2, 0.25) is 0 Å². The van der Waals surface area contributed by atoms with Crippen LogP contribution in [0, 0.1) is 5.41 Å². The zero-order valence-corrected chi connectivity index (χ0v) is 21.1. The topological polar surface area (TPSA) is 78.5 Å². The number of nitrogens with zero attached hydrogens (tertiary/aromatic N) is 2. The number of carbonyl (C=O) groups is 1. The molecule has 5 rings (SSSR count). The van der Waals surface area contributed by atoms with Gasteiger partial charge >= 0.3 is 0 Å². The summed E-state index contributed by atoms with van der Waals surface area (Å²) in [6, 6.07) is 12.0. The minimum atomic E-state index is -0.126. The number of anilines is 3. The van der Waals surface area contributed by atoms with E-state index in [0.29, 0.717) is 24.2 Å². The van der Waals surface area contributed by atoms with Crippen molar-refractivity contribution in [3.8, 4) is 0 Å². The summed E-state index contributed by atoms with van der Waals surface area (Å²) in [6.07, 6.45) is 5.07. The van der Waals surface area contributed by atoms with Crippen LogP contribution in [0.2, 0.25) is 0 Å². The van der Waals surface area contributed by atoms with Crippen LogP contribution in [0.3, 0.4) is 0 Å². The molecule has 8 heteroatoms. The monoisotopic (exact) mass is 481 g/mol. The highest BCUT2D eigenvalue weighted by atomic mass is 32.2. The summed E-state index contributed by atoms with van der Waals surface area (Å²) < 4.78 is 8.70. The molecule has 3 aliphatic rings.